The van der Waals surface area contributed by atoms with Gasteiger partial charge in [-0.05, 0) is 35.9 Å². The van der Waals surface area contributed by atoms with Gasteiger partial charge >= 0.3 is 0 Å². The van der Waals surface area contributed by atoms with Crippen LogP contribution in [0.2, 0.25) is 5.02 Å². The van der Waals surface area contributed by atoms with E-state index in [1.54, 1.807) is 35.2 Å². The maximum Gasteiger partial charge on any atom is 0.277 e. The van der Waals surface area contributed by atoms with Crippen molar-refractivity contribution in [1.29, 1.82) is 0 Å². The number of aromatic nitrogens is 4. The van der Waals surface area contributed by atoms with Gasteiger partial charge in [0.1, 0.15) is 23.1 Å². The largest absolute Gasteiger partial charge is 0.382 e. The predicted octanol–water partition coefficient (Wildman–Crippen LogP) is 4.12. The topological polar surface area (TPSA) is 107 Å². The van der Waals surface area contributed by atoms with Gasteiger partial charge in [-0.2, -0.15) is 5.10 Å². The van der Waals surface area contributed by atoms with E-state index in [-0.39, 0.29) is 30.7 Å². The summed E-state index contributed by atoms with van der Waals surface area (Å²) in [5, 5.41) is 8.84. The monoisotopic (exact) mass is 581 g/mol. The van der Waals surface area contributed by atoms with Crippen molar-refractivity contribution in [2.45, 2.75) is 19.1 Å². The molecule has 0 saturated heterocycles. The van der Waals surface area contributed by atoms with Crippen LogP contribution in [0.15, 0.2) is 55.0 Å². The fourth-order valence-corrected chi connectivity index (χ4v) is 5.07. The van der Waals surface area contributed by atoms with E-state index in [0.717, 1.165) is 16.4 Å². The molecular formula is C28H29ClFN7O4. The minimum atomic E-state index is -0.516. The Hall–Kier alpha value is -4.26. The number of carbonyl (C=O) groups excluding carboxylic acids is 2. The van der Waals surface area contributed by atoms with Crippen LogP contribution in [0, 0.1) is 5.82 Å². The summed E-state index contributed by atoms with van der Waals surface area (Å²) in [5.41, 5.74) is 2.45. The van der Waals surface area contributed by atoms with E-state index < -0.39 is 11.7 Å². The zero-order chi connectivity index (χ0) is 29.3. The first-order valence-electron chi connectivity index (χ1n) is 12.7. The number of hydrogen-bond acceptors (Lipinski definition) is 7. The molecule has 41 heavy (non-hydrogen) atoms. The molecule has 1 N–H and O–H groups in total. The molecule has 1 aliphatic rings. The molecule has 1 atom stereocenters. The van der Waals surface area contributed by atoms with Crippen LogP contribution in [0.1, 0.15) is 26.4 Å². The summed E-state index contributed by atoms with van der Waals surface area (Å²) in [4.78, 5) is 37.8. The van der Waals surface area contributed by atoms with Crippen LogP contribution in [-0.2, 0) is 29.7 Å². The number of ether oxygens (including phenoxy) is 1. The number of pyridine rings is 1. The van der Waals surface area contributed by atoms with Crippen LogP contribution in [-0.4, -0.2) is 75.0 Å². The molecule has 1 unspecified atom stereocenters. The van der Waals surface area contributed by atoms with E-state index in [9.17, 15) is 14.0 Å². The highest BCUT2D eigenvalue weighted by Gasteiger charge is 2.34. The maximum absolute atomic E-state index is 14.3. The van der Waals surface area contributed by atoms with Gasteiger partial charge in [0, 0.05) is 69.4 Å². The number of nitrogens with one attached hydrogen (secondary N) is 1. The summed E-state index contributed by atoms with van der Waals surface area (Å²) in [6.45, 7) is 0.664. The Morgan fingerprint density at radius 2 is 2.05 bits per heavy atom. The van der Waals surface area contributed by atoms with E-state index in [1.807, 2.05) is 29.9 Å². The molecule has 13 heteroatoms. The number of amides is 2. The highest BCUT2D eigenvalue weighted by atomic mass is 35.5. The van der Waals surface area contributed by atoms with Gasteiger partial charge in [-0.3, -0.25) is 19.1 Å². The molecule has 2 amide bonds. The fraction of sp³-hybridized carbons (Fsp3) is 0.286. The third kappa shape index (κ3) is 5.67. The number of halogens is 2. The maximum atomic E-state index is 14.3. The molecule has 0 radical (unpaired) electrons. The molecule has 0 aliphatic carbocycles. The van der Waals surface area contributed by atoms with Crippen molar-refractivity contribution in [2.75, 3.05) is 33.2 Å². The Morgan fingerprint density at radius 3 is 2.76 bits per heavy atom. The van der Waals surface area contributed by atoms with Crippen LogP contribution in [0.5, 0.6) is 0 Å². The SMILES string of the molecule is COCC1Cn2cc(-c3cc(Nc4ccnn4C)ncc3Cl)cc2C(=O)N1Cc1cc(F)ccc1C(=O)N(C)OC. The normalized spacial score (nSPS) is 14.7. The Morgan fingerprint density at radius 1 is 1.24 bits per heavy atom. The lowest BCUT2D eigenvalue weighted by atomic mass is 10.0. The number of hydroxylamine groups is 2. The van der Waals surface area contributed by atoms with Crippen molar-refractivity contribution in [3.8, 4) is 11.1 Å². The van der Waals surface area contributed by atoms with Crippen LogP contribution in [0.3, 0.4) is 0 Å². The molecule has 1 aromatic carbocycles. The lowest BCUT2D eigenvalue weighted by Gasteiger charge is -2.36. The highest BCUT2D eigenvalue weighted by Crippen LogP contribution is 2.34. The average molecular weight is 582 g/mol. The van der Waals surface area contributed by atoms with Gasteiger partial charge in [0.15, 0.2) is 0 Å². The number of nitrogens with zero attached hydrogens (tertiary/aromatic N) is 6. The predicted molar refractivity (Wildman–Crippen MR) is 150 cm³/mol. The molecule has 3 aromatic heterocycles. The Bertz CT molecular complexity index is 1600. The summed E-state index contributed by atoms with van der Waals surface area (Å²) >= 11 is 6.54. The van der Waals surface area contributed by atoms with Crippen molar-refractivity contribution in [3.63, 3.8) is 0 Å². The van der Waals surface area contributed by atoms with E-state index in [1.165, 1.54) is 32.4 Å². The first-order valence-corrected chi connectivity index (χ1v) is 13.1. The smallest absolute Gasteiger partial charge is 0.277 e. The summed E-state index contributed by atoms with van der Waals surface area (Å²) in [7, 11) is 6.19. The van der Waals surface area contributed by atoms with E-state index >= 15 is 0 Å². The molecular weight excluding hydrogens is 553 g/mol. The number of carbonyl (C=O) groups is 2. The van der Waals surface area contributed by atoms with Gasteiger partial charge in [0.25, 0.3) is 11.8 Å². The number of benzene rings is 1. The number of fused-ring (bicyclic) bond motifs is 1. The quantitative estimate of drug-likeness (QED) is 0.296. The third-order valence-electron chi connectivity index (χ3n) is 7.03. The molecule has 0 bridgehead atoms. The van der Waals surface area contributed by atoms with Gasteiger partial charge in [0.2, 0.25) is 0 Å². The van der Waals surface area contributed by atoms with Gasteiger partial charge in [-0.15, -0.1) is 0 Å². The molecule has 1 aliphatic heterocycles. The molecule has 5 rings (SSSR count). The van der Waals surface area contributed by atoms with Crippen molar-refractivity contribution in [3.05, 3.63) is 82.6 Å². The summed E-state index contributed by atoms with van der Waals surface area (Å²) < 4.78 is 23.3. The number of aryl methyl sites for hydroxylation is 1. The molecule has 4 aromatic rings. The highest BCUT2D eigenvalue weighted by molar-refractivity contribution is 6.33. The molecule has 0 saturated carbocycles. The van der Waals surface area contributed by atoms with Crippen LogP contribution < -0.4 is 5.32 Å². The molecule has 4 heterocycles. The molecule has 11 nitrogen and oxygen atoms in total. The van der Waals surface area contributed by atoms with Crippen molar-refractivity contribution < 1.29 is 23.6 Å². The number of anilines is 2. The van der Waals surface area contributed by atoms with Crippen LogP contribution in [0.4, 0.5) is 16.0 Å². The van der Waals surface area contributed by atoms with Crippen molar-refractivity contribution in [1.82, 2.24) is 29.3 Å². The zero-order valence-corrected chi connectivity index (χ0v) is 23.7. The average Bonchev–Trinajstić information content (AvgIpc) is 3.57. The standard InChI is InChI=1S/C28H29ClFN7O4/c1-34-26(7-8-32-34)33-25-11-22(23(29)12-31-25)18-10-24-28(39)37(20(16-40-3)15-36(24)13-18)14-17-9-19(30)5-6-21(17)27(38)35(2)41-4/h5-13,20H,14-16H2,1-4H3,(H,31,33). The first-order chi connectivity index (χ1) is 19.7. The minimum absolute atomic E-state index is 0.00145. The van der Waals surface area contributed by atoms with Crippen LogP contribution >= 0.6 is 11.6 Å². The number of hydrogen-bond donors (Lipinski definition) is 1. The second-order valence-corrected chi connectivity index (χ2v) is 10.0. The Kier molecular flexibility index (Phi) is 8.06. The van der Waals surface area contributed by atoms with Crippen molar-refractivity contribution in [2.24, 2.45) is 7.05 Å². The molecule has 0 fully saturated rings. The van der Waals surface area contributed by atoms with E-state index in [0.29, 0.717) is 34.2 Å². The van der Waals surface area contributed by atoms with Crippen molar-refractivity contribution >= 4 is 35.1 Å². The zero-order valence-electron chi connectivity index (χ0n) is 23.0. The number of rotatable bonds is 9. The Labute approximate surface area is 241 Å². The number of methoxy groups -OCH3 is 1. The van der Waals surface area contributed by atoms with Gasteiger partial charge < -0.3 is 19.5 Å². The summed E-state index contributed by atoms with van der Waals surface area (Å²) in [6, 6.07) is 8.89. The Balaban J connectivity index is 1.48. The lowest BCUT2D eigenvalue weighted by molar-refractivity contribution is -0.0758. The van der Waals surface area contributed by atoms with Crippen LogP contribution in [0.25, 0.3) is 11.1 Å². The fourth-order valence-electron chi connectivity index (χ4n) is 4.86. The minimum Gasteiger partial charge on any atom is -0.382 e. The van der Waals surface area contributed by atoms with E-state index in [4.69, 9.17) is 21.2 Å². The molecule has 0 spiro atoms. The second-order valence-electron chi connectivity index (χ2n) is 9.61. The lowest BCUT2D eigenvalue weighted by Crippen LogP contribution is -2.49. The van der Waals surface area contributed by atoms with E-state index in [2.05, 4.69) is 15.4 Å². The third-order valence-corrected chi connectivity index (χ3v) is 7.33. The first kappa shape index (κ1) is 28.3. The van der Waals surface area contributed by atoms with Gasteiger partial charge in [-0.1, -0.05) is 11.6 Å². The van der Waals surface area contributed by atoms with Gasteiger partial charge in [-0.25, -0.2) is 14.4 Å². The summed E-state index contributed by atoms with van der Waals surface area (Å²) in [6.07, 6.45) is 5.09. The summed E-state index contributed by atoms with van der Waals surface area (Å²) in [5.74, 6) is 0.0566. The second kappa shape index (κ2) is 11.7. The van der Waals surface area contributed by atoms with Gasteiger partial charge in [0.05, 0.1) is 31.0 Å². The molecule has 214 valence electrons.